The summed E-state index contributed by atoms with van der Waals surface area (Å²) in [6.45, 7) is 8.99. The van der Waals surface area contributed by atoms with E-state index in [1.807, 2.05) is 19.9 Å². The molecule has 0 spiro atoms. The number of guanidine groups is 1. The van der Waals surface area contributed by atoms with Crippen LogP contribution in [0.25, 0.3) is 0 Å². The van der Waals surface area contributed by atoms with E-state index in [2.05, 4.69) is 35.4 Å². The van der Waals surface area contributed by atoms with Crippen molar-refractivity contribution in [2.24, 2.45) is 4.99 Å². The van der Waals surface area contributed by atoms with Gasteiger partial charge in [0.25, 0.3) is 0 Å². The van der Waals surface area contributed by atoms with Crippen molar-refractivity contribution >= 4 is 17.8 Å². The van der Waals surface area contributed by atoms with Crippen LogP contribution in [0.4, 0.5) is 5.95 Å². The van der Waals surface area contributed by atoms with Gasteiger partial charge in [-0.15, -0.1) is 0 Å². The average molecular weight is 333 g/mol. The summed E-state index contributed by atoms with van der Waals surface area (Å²) in [6.07, 6.45) is 4.45. The van der Waals surface area contributed by atoms with Gasteiger partial charge in [0, 0.05) is 51.7 Å². The van der Waals surface area contributed by atoms with Crippen LogP contribution in [0.15, 0.2) is 23.5 Å². The molecule has 1 amide bonds. The van der Waals surface area contributed by atoms with Gasteiger partial charge in [-0.3, -0.25) is 4.79 Å². The fraction of sp³-hybridized carbons (Fsp3) is 0.625. The Morgan fingerprint density at radius 1 is 1.17 bits per heavy atom. The maximum absolute atomic E-state index is 11.7. The van der Waals surface area contributed by atoms with Crippen LogP contribution in [-0.2, 0) is 4.79 Å². The van der Waals surface area contributed by atoms with Crippen molar-refractivity contribution in [1.29, 1.82) is 0 Å². The van der Waals surface area contributed by atoms with Gasteiger partial charge < -0.3 is 20.4 Å². The third-order valence-electron chi connectivity index (χ3n) is 3.69. The van der Waals surface area contributed by atoms with Gasteiger partial charge in [-0.25, -0.2) is 15.0 Å². The van der Waals surface area contributed by atoms with Crippen molar-refractivity contribution in [3.63, 3.8) is 0 Å². The number of aromatic nitrogens is 2. The molecule has 0 atom stereocenters. The monoisotopic (exact) mass is 333 g/mol. The number of aliphatic imine (C=N–C) groups is 1. The van der Waals surface area contributed by atoms with Crippen molar-refractivity contribution in [1.82, 2.24) is 25.5 Å². The molecule has 0 unspecified atom stereocenters. The molecule has 8 nitrogen and oxygen atoms in total. The van der Waals surface area contributed by atoms with Gasteiger partial charge >= 0.3 is 0 Å². The minimum Gasteiger partial charge on any atom is -0.357 e. The predicted octanol–water partition coefficient (Wildman–Crippen LogP) is 0.0903. The number of nitrogens with zero attached hydrogens (tertiary/aromatic N) is 5. The summed E-state index contributed by atoms with van der Waals surface area (Å²) in [5, 5.41) is 6.11. The van der Waals surface area contributed by atoms with Crippen LogP contribution < -0.4 is 15.5 Å². The van der Waals surface area contributed by atoms with E-state index in [4.69, 9.17) is 0 Å². The van der Waals surface area contributed by atoms with Gasteiger partial charge in [0.15, 0.2) is 5.96 Å². The highest BCUT2D eigenvalue weighted by Gasteiger charge is 2.21. The topological polar surface area (TPSA) is 85.8 Å². The fourth-order valence-electron chi connectivity index (χ4n) is 2.47. The number of piperazine rings is 1. The molecule has 132 valence electrons. The van der Waals surface area contributed by atoms with Crippen LogP contribution in [0.5, 0.6) is 0 Å². The quantitative estimate of drug-likeness (QED) is 0.567. The molecule has 1 aromatic heterocycles. The molecule has 8 heteroatoms. The Balaban J connectivity index is 1.89. The first-order valence-electron chi connectivity index (χ1n) is 8.56. The molecular weight excluding hydrogens is 306 g/mol. The smallest absolute Gasteiger partial charge is 0.241 e. The number of anilines is 1. The zero-order valence-electron chi connectivity index (χ0n) is 14.5. The Kier molecular flexibility index (Phi) is 7.25. The number of hydrogen-bond acceptors (Lipinski definition) is 5. The molecule has 1 aliphatic rings. The molecule has 0 aliphatic carbocycles. The van der Waals surface area contributed by atoms with Crippen LogP contribution in [-0.4, -0.2) is 72.5 Å². The van der Waals surface area contributed by atoms with Crippen molar-refractivity contribution in [3.8, 4) is 0 Å². The normalized spacial score (nSPS) is 15.3. The van der Waals surface area contributed by atoms with E-state index in [9.17, 15) is 4.79 Å². The second-order valence-corrected chi connectivity index (χ2v) is 5.54. The van der Waals surface area contributed by atoms with Gasteiger partial charge in [-0.2, -0.15) is 0 Å². The minimum atomic E-state index is -0.0384. The fourth-order valence-corrected chi connectivity index (χ4v) is 2.47. The van der Waals surface area contributed by atoms with Crippen molar-refractivity contribution in [2.75, 3.05) is 50.7 Å². The Morgan fingerprint density at radius 3 is 2.50 bits per heavy atom. The largest absolute Gasteiger partial charge is 0.357 e. The second-order valence-electron chi connectivity index (χ2n) is 5.54. The summed E-state index contributed by atoms with van der Waals surface area (Å²) < 4.78 is 0. The van der Waals surface area contributed by atoms with Crippen LogP contribution in [0, 0.1) is 0 Å². The van der Waals surface area contributed by atoms with E-state index in [-0.39, 0.29) is 12.5 Å². The molecule has 1 fully saturated rings. The highest BCUT2D eigenvalue weighted by atomic mass is 16.1. The standard InChI is InChI=1S/C16H27N7O/c1-3-6-18-14(24)13-21-15(17-4-2)22-9-11-23(12-10-22)16-19-7-5-8-20-16/h5,7-8H,3-4,6,9-13H2,1-2H3,(H,17,21)(H,18,24). The van der Waals surface area contributed by atoms with Gasteiger partial charge in [0.2, 0.25) is 11.9 Å². The molecule has 2 N–H and O–H groups in total. The SMILES string of the molecule is CCCNC(=O)CN=C(NCC)N1CCN(c2ncccn2)CC1. The third-order valence-corrected chi connectivity index (χ3v) is 3.69. The first-order chi connectivity index (χ1) is 11.7. The van der Waals surface area contributed by atoms with Gasteiger partial charge in [-0.1, -0.05) is 6.92 Å². The third kappa shape index (κ3) is 5.36. The lowest BCUT2D eigenvalue weighted by molar-refractivity contribution is -0.119. The van der Waals surface area contributed by atoms with E-state index in [1.165, 1.54) is 0 Å². The average Bonchev–Trinajstić information content (AvgIpc) is 2.64. The predicted molar refractivity (Wildman–Crippen MR) is 95.1 cm³/mol. The molecular formula is C16H27N7O. The van der Waals surface area contributed by atoms with Crippen molar-refractivity contribution in [2.45, 2.75) is 20.3 Å². The lowest BCUT2D eigenvalue weighted by atomic mass is 10.3. The van der Waals surface area contributed by atoms with E-state index >= 15 is 0 Å². The van der Waals surface area contributed by atoms with Gasteiger partial charge in [0.05, 0.1) is 0 Å². The summed E-state index contributed by atoms with van der Waals surface area (Å²) in [6, 6.07) is 1.82. The molecule has 24 heavy (non-hydrogen) atoms. The zero-order valence-corrected chi connectivity index (χ0v) is 14.5. The first kappa shape index (κ1) is 18.0. The maximum Gasteiger partial charge on any atom is 0.241 e. The highest BCUT2D eigenvalue weighted by Crippen LogP contribution is 2.09. The van der Waals surface area contributed by atoms with Gasteiger partial charge in [-0.05, 0) is 19.4 Å². The molecule has 0 aromatic carbocycles. The number of rotatable bonds is 6. The van der Waals surface area contributed by atoms with E-state index < -0.39 is 0 Å². The number of amides is 1. The molecule has 2 rings (SSSR count). The molecule has 1 aliphatic heterocycles. The molecule has 2 heterocycles. The highest BCUT2D eigenvalue weighted by molar-refractivity contribution is 5.85. The van der Waals surface area contributed by atoms with Crippen molar-refractivity contribution in [3.05, 3.63) is 18.5 Å². The lowest BCUT2D eigenvalue weighted by Gasteiger charge is -2.36. The molecule has 1 saturated heterocycles. The summed E-state index contributed by atoms with van der Waals surface area (Å²) in [4.78, 5) is 29.1. The van der Waals surface area contributed by atoms with E-state index in [0.717, 1.165) is 51.1 Å². The summed E-state index contributed by atoms with van der Waals surface area (Å²) in [7, 11) is 0. The molecule has 0 saturated carbocycles. The summed E-state index contributed by atoms with van der Waals surface area (Å²) in [5.74, 6) is 1.51. The number of nitrogens with one attached hydrogen (secondary N) is 2. The Morgan fingerprint density at radius 2 is 1.88 bits per heavy atom. The van der Waals surface area contributed by atoms with Crippen LogP contribution in [0.3, 0.4) is 0 Å². The summed E-state index contributed by atoms with van der Waals surface area (Å²) in [5.41, 5.74) is 0. The zero-order chi connectivity index (χ0) is 17.2. The van der Waals surface area contributed by atoms with Crippen LogP contribution in [0.2, 0.25) is 0 Å². The molecule has 1 aromatic rings. The Labute approximate surface area is 143 Å². The lowest BCUT2D eigenvalue weighted by Crippen LogP contribution is -2.53. The Bertz CT molecular complexity index is 526. The molecule has 0 bridgehead atoms. The van der Waals surface area contributed by atoms with Crippen molar-refractivity contribution < 1.29 is 4.79 Å². The minimum absolute atomic E-state index is 0.0384. The Hall–Kier alpha value is -2.38. The van der Waals surface area contributed by atoms with Gasteiger partial charge in [0.1, 0.15) is 6.54 Å². The number of hydrogen-bond donors (Lipinski definition) is 2. The second kappa shape index (κ2) is 9.69. The number of carbonyl (C=O) groups excluding carboxylic acids is 1. The van der Waals surface area contributed by atoms with E-state index in [0.29, 0.717) is 6.54 Å². The summed E-state index contributed by atoms with van der Waals surface area (Å²) >= 11 is 0. The van der Waals surface area contributed by atoms with Crippen LogP contribution in [0.1, 0.15) is 20.3 Å². The number of carbonyl (C=O) groups is 1. The molecule has 0 radical (unpaired) electrons. The van der Waals surface area contributed by atoms with E-state index in [1.54, 1.807) is 12.4 Å². The first-order valence-corrected chi connectivity index (χ1v) is 8.56. The maximum atomic E-state index is 11.7. The van der Waals surface area contributed by atoms with Crippen LogP contribution >= 0.6 is 0 Å².